The summed E-state index contributed by atoms with van der Waals surface area (Å²) >= 11 is 0. The van der Waals surface area contributed by atoms with Gasteiger partial charge in [-0.25, -0.2) is 0 Å². The normalized spacial score (nSPS) is 14.1. The molecular formula is C14H21FN2O2. The minimum atomic E-state index is -0.758. The molecule has 0 aromatic heterocycles. The molecular weight excluding hydrogens is 247 g/mol. The first-order valence-electron chi connectivity index (χ1n) is 6.65. The van der Waals surface area contributed by atoms with E-state index in [1.807, 2.05) is 0 Å². The molecule has 0 heterocycles. The number of nitro benzene ring substituents is 1. The molecule has 0 saturated carbocycles. The van der Waals surface area contributed by atoms with Gasteiger partial charge in [-0.15, -0.1) is 0 Å². The van der Waals surface area contributed by atoms with Crippen LogP contribution in [-0.2, 0) is 6.42 Å². The lowest BCUT2D eigenvalue weighted by Crippen LogP contribution is -2.35. The molecule has 0 radical (unpaired) electrons. The van der Waals surface area contributed by atoms with Crippen molar-refractivity contribution in [2.75, 3.05) is 6.54 Å². The third kappa shape index (κ3) is 4.28. The predicted molar refractivity (Wildman–Crippen MR) is 73.7 cm³/mol. The SMILES string of the molecule is CCNC(CC)C(C)Cc1ccc([N+](=O)[O-])c(F)c1. The maximum atomic E-state index is 13.5. The van der Waals surface area contributed by atoms with Gasteiger partial charge in [-0.3, -0.25) is 10.1 Å². The van der Waals surface area contributed by atoms with Gasteiger partial charge in [0, 0.05) is 12.1 Å². The third-order valence-electron chi connectivity index (χ3n) is 3.36. The molecule has 2 atom stereocenters. The van der Waals surface area contributed by atoms with Crippen LogP contribution in [0.5, 0.6) is 0 Å². The number of nitro groups is 1. The Morgan fingerprint density at radius 2 is 2.11 bits per heavy atom. The van der Waals surface area contributed by atoms with Crippen LogP contribution in [0.2, 0.25) is 0 Å². The summed E-state index contributed by atoms with van der Waals surface area (Å²) in [5.41, 5.74) is 0.335. The highest BCUT2D eigenvalue weighted by Crippen LogP contribution is 2.21. The highest BCUT2D eigenvalue weighted by molar-refractivity contribution is 5.35. The van der Waals surface area contributed by atoms with Gasteiger partial charge in [-0.2, -0.15) is 4.39 Å². The summed E-state index contributed by atoms with van der Waals surface area (Å²) in [6.07, 6.45) is 1.71. The van der Waals surface area contributed by atoms with E-state index in [2.05, 4.69) is 26.1 Å². The molecule has 2 unspecified atom stereocenters. The minimum Gasteiger partial charge on any atom is -0.314 e. The molecule has 0 spiro atoms. The molecule has 0 aliphatic carbocycles. The van der Waals surface area contributed by atoms with Crippen LogP contribution in [0.1, 0.15) is 32.8 Å². The molecule has 1 aromatic carbocycles. The smallest absolute Gasteiger partial charge is 0.304 e. The lowest BCUT2D eigenvalue weighted by Gasteiger charge is -2.23. The monoisotopic (exact) mass is 268 g/mol. The van der Waals surface area contributed by atoms with Crippen LogP contribution in [0.15, 0.2) is 18.2 Å². The molecule has 0 fully saturated rings. The van der Waals surface area contributed by atoms with E-state index in [4.69, 9.17) is 0 Å². The van der Waals surface area contributed by atoms with E-state index in [1.54, 1.807) is 6.07 Å². The average Bonchev–Trinajstić information content (AvgIpc) is 2.35. The summed E-state index contributed by atoms with van der Waals surface area (Å²) in [7, 11) is 0. The molecule has 1 rings (SSSR count). The van der Waals surface area contributed by atoms with Crippen molar-refractivity contribution >= 4 is 5.69 Å². The molecule has 0 aliphatic heterocycles. The van der Waals surface area contributed by atoms with Crippen molar-refractivity contribution in [2.24, 2.45) is 5.92 Å². The Labute approximate surface area is 113 Å². The van der Waals surface area contributed by atoms with Gasteiger partial charge < -0.3 is 5.32 Å². The highest BCUT2D eigenvalue weighted by Gasteiger charge is 2.18. The fourth-order valence-electron chi connectivity index (χ4n) is 2.35. The Hall–Kier alpha value is -1.49. The lowest BCUT2D eigenvalue weighted by molar-refractivity contribution is -0.387. The van der Waals surface area contributed by atoms with Crippen LogP contribution in [0.4, 0.5) is 10.1 Å². The van der Waals surface area contributed by atoms with Crippen molar-refractivity contribution in [2.45, 2.75) is 39.7 Å². The van der Waals surface area contributed by atoms with Gasteiger partial charge in [0.15, 0.2) is 0 Å². The maximum Gasteiger partial charge on any atom is 0.304 e. The first-order chi connectivity index (χ1) is 8.99. The van der Waals surface area contributed by atoms with Gasteiger partial charge in [0.2, 0.25) is 5.82 Å². The quantitative estimate of drug-likeness (QED) is 0.609. The van der Waals surface area contributed by atoms with E-state index < -0.39 is 16.4 Å². The molecule has 5 heteroatoms. The van der Waals surface area contributed by atoms with Crippen molar-refractivity contribution in [3.8, 4) is 0 Å². The molecule has 1 aromatic rings. The van der Waals surface area contributed by atoms with E-state index in [0.717, 1.165) is 18.5 Å². The van der Waals surface area contributed by atoms with Crippen molar-refractivity contribution in [3.05, 3.63) is 39.7 Å². The Morgan fingerprint density at radius 3 is 2.58 bits per heavy atom. The van der Waals surface area contributed by atoms with Crippen LogP contribution in [0.25, 0.3) is 0 Å². The van der Waals surface area contributed by atoms with Crippen molar-refractivity contribution in [1.29, 1.82) is 0 Å². The number of rotatable bonds is 7. The molecule has 19 heavy (non-hydrogen) atoms. The fraction of sp³-hybridized carbons (Fsp3) is 0.571. The second-order valence-corrected chi connectivity index (χ2v) is 4.80. The molecule has 0 aliphatic rings. The summed E-state index contributed by atoms with van der Waals surface area (Å²) in [6, 6.07) is 4.53. The first-order valence-corrected chi connectivity index (χ1v) is 6.65. The van der Waals surface area contributed by atoms with Crippen LogP contribution in [0, 0.1) is 21.8 Å². The van der Waals surface area contributed by atoms with Gasteiger partial charge in [0.25, 0.3) is 0 Å². The van der Waals surface area contributed by atoms with Gasteiger partial charge in [-0.1, -0.05) is 26.8 Å². The largest absolute Gasteiger partial charge is 0.314 e. The van der Waals surface area contributed by atoms with E-state index >= 15 is 0 Å². The number of halogens is 1. The minimum absolute atomic E-state index is 0.353. The Morgan fingerprint density at radius 1 is 1.42 bits per heavy atom. The number of nitrogens with zero attached hydrogens (tertiary/aromatic N) is 1. The molecule has 0 saturated heterocycles. The van der Waals surface area contributed by atoms with E-state index in [9.17, 15) is 14.5 Å². The topological polar surface area (TPSA) is 55.2 Å². The van der Waals surface area contributed by atoms with Crippen molar-refractivity contribution < 1.29 is 9.31 Å². The Bertz CT molecular complexity index is 437. The standard InChI is InChI=1S/C14H21FN2O2/c1-4-13(16-5-2)10(3)8-11-6-7-14(17(18)19)12(15)9-11/h6-7,9-10,13,16H,4-5,8H2,1-3H3. The van der Waals surface area contributed by atoms with E-state index in [-0.39, 0.29) is 0 Å². The van der Waals surface area contributed by atoms with Crippen LogP contribution in [0.3, 0.4) is 0 Å². The third-order valence-corrected chi connectivity index (χ3v) is 3.36. The van der Waals surface area contributed by atoms with Gasteiger partial charge in [0.1, 0.15) is 0 Å². The second-order valence-electron chi connectivity index (χ2n) is 4.80. The zero-order valence-electron chi connectivity index (χ0n) is 11.6. The zero-order valence-corrected chi connectivity index (χ0v) is 11.6. The fourth-order valence-corrected chi connectivity index (χ4v) is 2.35. The van der Waals surface area contributed by atoms with Crippen LogP contribution < -0.4 is 5.32 Å². The molecule has 0 bridgehead atoms. The predicted octanol–water partition coefficient (Wildman–Crippen LogP) is 3.30. The first kappa shape index (κ1) is 15.6. The maximum absolute atomic E-state index is 13.5. The van der Waals surface area contributed by atoms with Gasteiger partial charge in [-0.05, 0) is 36.9 Å². The summed E-state index contributed by atoms with van der Waals surface area (Å²) < 4.78 is 13.5. The number of nitrogens with one attached hydrogen (secondary N) is 1. The van der Waals surface area contributed by atoms with E-state index in [1.165, 1.54) is 12.1 Å². The average molecular weight is 268 g/mol. The Kier molecular flexibility index (Phi) is 5.89. The van der Waals surface area contributed by atoms with Crippen molar-refractivity contribution in [3.63, 3.8) is 0 Å². The summed E-state index contributed by atoms with van der Waals surface area (Å²) in [6.45, 7) is 7.18. The number of benzene rings is 1. The molecule has 4 nitrogen and oxygen atoms in total. The van der Waals surface area contributed by atoms with E-state index in [0.29, 0.717) is 18.4 Å². The summed E-state index contributed by atoms with van der Waals surface area (Å²) in [4.78, 5) is 9.85. The molecule has 106 valence electrons. The summed E-state index contributed by atoms with van der Waals surface area (Å²) in [5.74, 6) is -0.406. The van der Waals surface area contributed by atoms with Crippen LogP contribution in [-0.4, -0.2) is 17.5 Å². The lowest BCUT2D eigenvalue weighted by atomic mass is 9.92. The van der Waals surface area contributed by atoms with Gasteiger partial charge in [0.05, 0.1) is 4.92 Å². The zero-order chi connectivity index (χ0) is 14.4. The van der Waals surface area contributed by atoms with Crippen molar-refractivity contribution in [1.82, 2.24) is 5.32 Å². The second kappa shape index (κ2) is 7.19. The highest BCUT2D eigenvalue weighted by atomic mass is 19.1. The number of hydrogen-bond acceptors (Lipinski definition) is 3. The molecule has 1 N–H and O–H groups in total. The number of hydrogen-bond donors (Lipinski definition) is 1. The van der Waals surface area contributed by atoms with Crippen LogP contribution >= 0.6 is 0 Å². The van der Waals surface area contributed by atoms with Gasteiger partial charge >= 0.3 is 5.69 Å². The Balaban J connectivity index is 2.77. The molecule has 0 amide bonds. The summed E-state index contributed by atoms with van der Waals surface area (Å²) in [5, 5.41) is 13.9.